The Morgan fingerprint density at radius 1 is 0.815 bits per heavy atom. The molecule has 0 bridgehead atoms. The van der Waals surface area contributed by atoms with Crippen molar-refractivity contribution in [3.63, 3.8) is 0 Å². The highest BCUT2D eigenvalue weighted by atomic mass is 28.3. The quantitative estimate of drug-likeness (QED) is 0.219. The molecular weight excluding hydrogens is 378 g/mol. The topological polar surface area (TPSA) is 80.2 Å². The highest BCUT2D eigenvalue weighted by molar-refractivity contribution is 6.82. The number of hydrogen-bond acceptors (Lipinski definition) is 6. The van der Waals surface area contributed by atoms with Gasteiger partial charge in [-0.05, 0) is 6.42 Å². The fourth-order valence-electron chi connectivity index (χ4n) is 2.57. The molecule has 0 aliphatic rings. The standard InChI is InChI=1S/C19H45NO5Si2/c1-26(2,3)15-16-27(4,5)14-6-9-25-18-19(22)17-20-7-10-23-12-13-24-11-8-21/h19-22H,6-18H2,1-5H3. The van der Waals surface area contributed by atoms with Gasteiger partial charge in [0.15, 0.2) is 0 Å². The molecule has 0 heterocycles. The Morgan fingerprint density at radius 3 is 2.11 bits per heavy atom. The summed E-state index contributed by atoms with van der Waals surface area (Å²) < 4.78 is 16.1. The third kappa shape index (κ3) is 20.7. The highest BCUT2D eigenvalue weighted by Crippen LogP contribution is 2.24. The van der Waals surface area contributed by atoms with E-state index in [0.29, 0.717) is 46.1 Å². The Kier molecular flexibility index (Phi) is 16.2. The Morgan fingerprint density at radius 2 is 1.48 bits per heavy atom. The van der Waals surface area contributed by atoms with E-state index in [1.807, 2.05) is 0 Å². The van der Waals surface area contributed by atoms with E-state index >= 15 is 0 Å². The van der Waals surface area contributed by atoms with Crippen LogP contribution in [-0.2, 0) is 14.2 Å². The van der Waals surface area contributed by atoms with Gasteiger partial charge in [-0.25, -0.2) is 0 Å². The molecule has 3 N–H and O–H groups in total. The summed E-state index contributed by atoms with van der Waals surface area (Å²) in [5.41, 5.74) is 0. The summed E-state index contributed by atoms with van der Waals surface area (Å²) in [6.07, 6.45) is 0.632. The lowest BCUT2D eigenvalue weighted by atomic mass is 10.4. The predicted molar refractivity (Wildman–Crippen MR) is 118 cm³/mol. The van der Waals surface area contributed by atoms with Crippen molar-refractivity contribution < 1.29 is 24.4 Å². The van der Waals surface area contributed by atoms with Crippen molar-refractivity contribution in [2.45, 2.75) is 63.4 Å². The maximum Gasteiger partial charge on any atom is 0.0897 e. The van der Waals surface area contributed by atoms with Gasteiger partial charge in [-0.15, -0.1) is 0 Å². The summed E-state index contributed by atoms with van der Waals surface area (Å²) in [5.74, 6) is 0. The molecule has 8 heteroatoms. The zero-order valence-electron chi connectivity index (χ0n) is 18.4. The summed E-state index contributed by atoms with van der Waals surface area (Å²) in [6.45, 7) is 16.7. The summed E-state index contributed by atoms with van der Waals surface area (Å²) in [6, 6.07) is 4.19. The number of hydrogen-bond donors (Lipinski definition) is 3. The van der Waals surface area contributed by atoms with E-state index in [9.17, 15) is 5.11 Å². The van der Waals surface area contributed by atoms with Crippen LogP contribution in [0.3, 0.4) is 0 Å². The number of ether oxygens (including phenoxy) is 3. The second-order valence-electron chi connectivity index (χ2n) is 9.21. The van der Waals surface area contributed by atoms with E-state index in [1.165, 1.54) is 18.1 Å². The molecule has 0 saturated carbocycles. The molecule has 0 rings (SSSR count). The minimum Gasteiger partial charge on any atom is -0.394 e. The van der Waals surface area contributed by atoms with Gasteiger partial charge in [0.2, 0.25) is 0 Å². The van der Waals surface area contributed by atoms with Crippen molar-refractivity contribution in [1.82, 2.24) is 5.32 Å². The molecule has 0 amide bonds. The minimum absolute atomic E-state index is 0.0415. The second-order valence-corrected chi connectivity index (χ2v) is 20.2. The van der Waals surface area contributed by atoms with Crippen LogP contribution in [0, 0.1) is 0 Å². The maximum atomic E-state index is 9.92. The lowest BCUT2D eigenvalue weighted by Gasteiger charge is -2.26. The van der Waals surface area contributed by atoms with Gasteiger partial charge >= 0.3 is 0 Å². The van der Waals surface area contributed by atoms with Crippen LogP contribution in [-0.4, -0.2) is 91.8 Å². The first kappa shape index (κ1) is 27.2. The predicted octanol–water partition coefficient (Wildman–Crippen LogP) is 2.42. The molecule has 0 aromatic carbocycles. The minimum atomic E-state index is -1.09. The van der Waals surface area contributed by atoms with Crippen molar-refractivity contribution in [2.75, 3.05) is 59.3 Å². The van der Waals surface area contributed by atoms with Crippen LogP contribution < -0.4 is 5.32 Å². The van der Waals surface area contributed by atoms with Crippen LogP contribution in [0.5, 0.6) is 0 Å². The number of rotatable bonds is 19. The first-order chi connectivity index (χ1) is 12.7. The molecule has 1 unspecified atom stereocenters. The van der Waals surface area contributed by atoms with E-state index in [2.05, 4.69) is 38.1 Å². The van der Waals surface area contributed by atoms with Gasteiger partial charge in [0.1, 0.15) is 0 Å². The SMILES string of the molecule is C[Si](C)(C)CC[Si](C)(C)CCCOCC(O)CNCCOCCOCCO. The Labute approximate surface area is 169 Å². The van der Waals surface area contributed by atoms with Gasteiger partial charge in [-0.3, -0.25) is 0 Å². The summed E-state index contributed by atoms with van der Waals surface area (Å²) in [7, 11) is -2.02. The van der Waals surface area contributed by atoms with Crippen LogP contribution in [0.15, 0.2) is 0 Å². The molecule has 0 saturated heterocycles. The van der Waals surface area contributed by atoms with Gasteiger partial charge in [-0.2, -0.15) is 0 Å². The molecule has 0 aliphatic heterocycles. The lowest BCUT2D eigenvalue weighted by Crippen LogP contribution is -2.33. The van der Waals surface area contributed by atoms with Crippen molar-refractivity contribution >= 4 is 16.1 Å². The summed E-state index contributed by atoms with van der Waals surface area (Å²) in [4.78, 5) is 0. The molecular formula is C19H45NO5Si2. The van der Waals surface area contributed by atoms with Crippen LogP contribution >= 0.6 is 0 Å². The molecule has 6 nitrogen and oxygen atoms in total. The molecule has 164 valence electrons. The van der Waals surface area contributed by atoms with Gasteiger partial charge < -0.3 is 29.7 Å². The molecule has 0 radical (unpaired) electrons. The van der Waals surface area contributed by atoms with Crippen LogP contribution in [0.1, 0.15) is 6.42 Å². The van der Waals surface area contributed by atoms with E-state index in [4.69, 9.17) is 19.3 Å². The first-order valence-corrected chi connectivity index (χ1v) is 17.5. The number of aliphatic hydroxyl groups excluding tert-OH is 2. The van der Waals surface area contributed by atoms with Crippen molar-refractivity contribution in [2.24, 2.45) is 0 Å². The molecule has 0 fully saturated rings. The van der Waals surface area contributed by atoms with E-state index < -0.39 is 22.3 Å². The molecule has 0 spiro atoms. The van der Waals surface area contributed by atoms with E-state index in [-0.39, 0.29) is 6.61 Å². The third-order valence-corrected chi connectivity index (χ3v) is 9.98. The van der Waals surface area contributed by atoms with Gasteiger partial charge in [-0.1, -0.05) is 50.9 Å². The van der Waals surface area contributed by atoms with Crippen LogP contribution in [0.4, 0.5) is 0 Å². The van der Waals surface area contributed by atoms with Gasteiger partial charge in [0.25, 0.3) is 0 Å². The number of nitrogens with one attached hydrogen (secondary N) is 1. The van der Waals surface area contributed by atoms with E-state index in [0.717, 1.165) is 13.0 Å². The normalized spacial score (nSPS) is 13.9. The second kappa shape index (κ2) is 16.0. The zero-order chi connectivity index (χ0) is 20.6. The van der Waals surface area contributed by atoms with Crippen LogP contribution in [0.25, 0.3) is 0 Å². The Hall–Kier alpha value is 0.194. The Bertz CT molecular complexity index is 341. The molecule has 0 aromatic rings. The lowest BCUT2D eigenvalue weighted by molar-refractivity contribution is 0.0277. The summed E-state index contributed by atoms with van der Waals surface area (Å²) in [5, 5.41) is 21.6. The van der Waals surface area contributed by atoms with Crippen molar-refractivity contribution in [3.8, 4) is 0 Å². The fraction of sp³-hybridized carbons (Fsp3) is 1.00. The van der Waals surface area contributed by atoms with Gasteiger partial charge in [0, 0.05) is 35.8 Å². The van der Waals surface area contributed by atoms with Crippen molar-refractivity contribution in [3.05, 3.63) is 0 Å². The largest absolute Gasteiger partial charge is 0.394 e. The van der Waals surface area contributed by atoms with Crippen molar-refractivity contribution in [1.29, 1.82) is 0 Å². The smallest absolute Gasteiger partial charge is 0.0897 e. The monoisotopic (exact) mass is 423 g/mol. The molecule has 1 atom stereocenters. The zero-order valence-corrected chi connectivity index (χ0v) is 20.4. The van der Waals surface area contributed by atoms with Crippen LogP contribution in [0.2, 0.25) is 50.9 Å². The number of aliphatic hydroxyl groups is 2. The third-order valence-electron chi connectivity index (χ3n) is 4.42. The summed E-state index contributed by atoms with van der Waals surface area (Å²) >= 11 is 0. The fourth-order valence-corrected chi connectivity index (χ4v) is 9.63. The molecule has 0 aromatic heterocycles. The average molecular weight is 424 g/mol. The Balaban J connectivity index is 3.47. The molecule has 27 heavy (non-hydrogen) atoms. The van der Waals surface area contributed by atoms with Gasteiger partial charge in [0.05, 0.1) is 45.7 Å². The maximum absolute atomic E-state index is 9.92. The first-order valence-electron chi connectivity index (χ1n) is 10.4. The molecule has 0 aliphatic carbocycles. The highest BCUT2D eigenvalue weighted by Gasteiger charge is 2.23. The average Bonchev–Trinajstić information content (AvgIpc) is 2.58. The van der Waals surface area contributed by atoms with E-state index in [1.54, 1.807) is 0 Å².